The van der Waals surface area contributed by atoms with Crippen molar-refractivity contribution >= 4 is 21.8 Å². The largest absolute Gasteiger partial charge is 0.497 e. The molecule has 6 nitrogen and oxygen atoms in total. The molecule has 0 aliphatic heterocycles. The van der Waals surface area contributed by atoms with Gasteiger partial charge in [-0.1, -0.05) is 42.5 Å². The molecule has 2 aromatic heterocycles. The second-order valence-corrected chi connectivity index (χ2v) is 7.73. The number of benzene rings is 3. The Bertz CT molecular complexity index is 1450. The van der Waals surface area contributed by atoms with E-state index < -0.39 is 0 Å². The second-order valence-electron chi connectivity index (χ2n) is 7.73. The van der Waals surface area contributed by atoms with E-state index in [0.29, 0.717) is 18.7 Å². The number of aryl methyl sites for hydroxylation is 1. The molecule has 32 heavy (non-hydrogen) atoms. The van der Waals surface area contributed by atoms with Crippen LogP contribution in [0.15, 0.2) is 83.8 Å². The molecule has 0 N–H and O–H groups in total. The first-order valence-electron chi connectivity index (χ1n) is 10.4. The maximum absolute atomic E-state index is 13.3. The van der Waals surface area contributed by atoms with E-state index in [9.17, 15) is 4.79 Å². The minimum Gasteiger partial charge on any atom is -0.497 e. The highest BCUT2D eigenvalue weighted by Crippen LogP contribution is 2.29. The lowest BCUT2D eigenvalue weighted by Gasteiger charge is -2.07. The Balaban J connectivity index is 1.49. The van der Waals surface area contributed by atoms with Gasteiger partial charge in [0.25, 0.3) is 5.56 Å². The van der Waals surface area contributed by atoms with Crippen LogP contribution in [0.25, 0.3) is 21.8 Å². The molecule has 0 amide bonds. The van der Waals surface area contributed by atoms with Gasteiger partial charge in [-0.05, 0) is 35.4 Å². The summed E-state index contributed by atoms with van der Waals surface area (Å²) in [5, 5.41) is 6.26. The molecular formula is C26H23N3O3. The monoisotopic (exact) mass is 425 g/mol. The summed E-state index contributed by atoms with van der Waals surface area (Å²) in [6, 6.07) is 23.6. The van der Waals surface area contributed by atoms with Crippen molar-refractivity contribution in [3.63, 3.8) is 0 Å². The maximum atomic E-state index is 13.3. The minimum absolute atomic E-state index is 0.122. The van der Waals surface area contributed by atoms with Crippen LogP contribution in [0.1, 0.15) is 11.1 Å². The topological polar surface area (TPSA) is 58.3 Å². The molecule has 0 bridgehead atoms. The van der Waals surface area contributed by atoms with Crippen molar-refractivity contribution in [2.24, 2.45) is 7.05 Å². The lowest BCUT2D eigenvalue weighted by molar-refractivity contribution is 0.306. The predicted octanol–water partition coefficient (Wildman–Crippen LogP) is 4.52. The molecule has 0 aliphatic rings. The van der Waals surface area contributed by atoms with Gasteiger partial charge in [0.15, 0.2) is 0 Å². The van der Waals surface area contributed by atoms with E-state index in [2.05, 4.69) is 5.10 Å². The number of hydrogen-bond acceptors (Lipinski definition) is 4. The maximum Gasteiger partial charge on any atom is 0.291 e. The van der Waals surface area contributed by atoms with E-state index in [1.807, 2.05) is 84.4 Å². The number of rotatable bonds is 6. The number of fused-ring (bicyclic) bond motifs is 3. The zero-order valence-corrected chi connectivity index (χ0v) is 18.0. The van der Waals surface area contributed by atoms with E-state index in [-0.39, 0.29) is 5.56 Å². The van der Waals surface area contributed by atoms with E-state index in [1.54, 1.807) is 13.3 Å². The molecule has 5 aromatic rings. The van der Waals surface area contributed by atoms with Crippen molar-refractivity contribution in [1.82, 2.24) is 14.3 Å². The quantitative estimate of drug-likeness (QED) is 0.401. The van der Waals surface area contributed by atoms with Crippen molar-refractivity contribution in [3.8, 4) is 11.5 Å². The highest BCUT2D eigenvalue weighted by molar-refractivity contribution is 6.07. The Labute approximate surface area is 185 Å². The minimum atomic E-state index is -0.122. The van der Waals surface area contributed by atoms with Gasteiger partial charge in [0.05, 0.1) is 25.4 Å². The third kappa shape index (κ3) is 3.60. The van der Waals surface area contributed by atoms with Crippen molar-refractivity contribution < 1.29 is 9.47 Å². The van der Waals surface area contributed by atoms with Gasteiger partial charge < -0.3 is 14.0 Å². The summed E-state index contributed by atoms with van der Waals surface area (Å²) < 4.78 is 14.6. The lowest BCUT2D eigenvalue weighted by Crippen LogP contribution is -2.24. The van der Waals surface area contributed by atoms with Crippen LogP contribution in [-0.2, 0) is 20.2 Å². The Morgan fingerprint density at radius 2 is 1.62 bits per heavy atom. The van der Waals surface area contributed by atoms with Crippen LogP contribution in [-0.4, -0.2) is 21.5 Å². The van der Waals surface area contributed by atoms with Crippen molar-refractivity contribution in [3.05, 3.63) is 100 Å². The third-order valence-corrected chi connectivity index (χ3v) is 5.71. The molecule has 0 aliphatic carbocycles. The molecule has 160 valence electrons. The van der Waals surface area contributed by atoms with Crippen LogP contribution in [0.3, 0.4) is 0 Å². The lowest BCUT2D eigenvalue weighted by atomic mass is 10.2. The van der Waals surface area contributed by atoms with Gasteiger partial charge in [-0.3, -0.25) is 4.79 Å². The van der Waals surface area contributed by atoms with Crippen LogP contribution in [0.2, 0.25) is 0 Å². The summed E-state index contributed by atoms with van der Waals surface area (Å²) in [6.07, 6.45) is 1.77. The fourth-order valence-corrected chi connectivity index (χ4v) is 3.98. The first-order chi connectivity index (χ1) is 15.6. The van der Waals surface area contributed by atoms with Crippen LogP contribution >= 0.6 is 0 Å². The van der Waals surface area contributed by atoms with Crippen LogP contribution < -0.4 is 15.0 Å². The Kier molecular flexibility index (Phi) is 5.11. The standard InChI is InChI=1S/C26H23N3O3/c1-28-24-14-21(32-17-19-6-4-3-5-7-19)12-13-22(24)23-15-27-29(26(30)25(23)28)16-18-8-10-20(31-2)11-9-18/h3-15H,16-17H2,1-2H3. The normalized spacial score (nSPS) is 11.2. The Morgan fingerprint density at radius 3 is 2.38 bits per heavy atom. The molecule has 0 radical (unpaired) electrons. The average molecular weight is 425 g/mol. The first-order valence-corrected chi connectivity index (χ1v) is 10.4. The summed E-state index contributed by atoms with van der Waals surface area (Å²) in [5.41, 5.74) is 3.53. The SMILES string of the molecule is COc1ccc(Cn2ncc3c4ccc(OCc5ccccc5)cc4n(C)c3c2=O)cc1. The van der Waals surface area contributed by atoms with Gasteiger partial charge in [-0.25, -0.2) is 4.68 Å². The fourth-order valence-electron chi connectivity index (χ4n) is 3.98. The van der Waals surface area contributed by atoms with Gasteiger partial charge >= 0.3 is 0 Å². The molecule has 0 fully saturated rings. The molecule has 5 rings (SSSR count). The molecule has 2 heterocycles. The van der Waals surface area contributed by atoms with Gasteiger partial charge in [-0.2, -0.15) is 5.10 Å². The average Bonchev–Trinajstić information content (AvgIpc) is 3.12. The van der Waals surface area contributed by atoms with Gasteiger partial charge in [-0.15, -0.1) is 0 Å². The molecule has 0 saturated carbocycles. The van der Waals surface area contributed by atoms with E-state index in [0.717, 1.165) is 38.9 Å². The smallest absolute Gasteiger partial charge is 0.291 e. The summed E-state index contributed by atoms with van der Waals surface area (Å²) >= 11 is 0. The molecule has 0 saturated heterocycles. The van der Waals surface area contributed by atoms with Crippen molar-refractivity contribution in [2.45, 2.75) is 13.2 Å². The van der Waals surface area contributed by atoms with E-state index in [4.69, 9.17) is 9.47 Å². The van der Waals surface area contributed by atoms with Crippen LogP contribution in [0.4, 0.5) is 0 Å². The highest BCUT2D eigenvalue weighted by atomic mass is 16.5. The number of hydrogen-bond donors (Lipinski definition) is 0. The second kappa shape index (κ2) is 8.23. The first kappa shape index (κ1) is 19.9. The third-order valence-electron chi connectivity index (χ3n) is 5.71. The Morgan fingerprint density at radius 1 is 0.875 bits per heavy atom. The van der Waals surface area contributed by atoms with Gasteiger partial charge in [0.1, 0.15) is 23.6 Å². The number of aromatic nitrogens is 3. The number of nitrogens with zero attached hydrogens (tertiary/aromatic N) is 3. The molecule has 6 heteroatoms. The molecular weight excluding hydrogens is 402 g/mol. The van der Waals surface area contributed by atoms with E-state index >= 15 is 0 Å². The van der Waals surface area contributed by atoms with E-state index in [1.165, 1.54) is 4.68 Å². The van der Waals surface area contributed by atoms with Gasteiger partial charge in [0, 0.05) is 23.9 Å². The summed E-state index contributed by atoms with van der Waals surface area (Å²) in [6.45, 7) is 0.887. The highest BCUT2D eigenvalue weighted by Gasteiger charge is 2.15. The van der Waals surface area contributed by atoms with Crippen molar-refractivity contribution in [2.75, 3.05) is 7.11 Å². The van der Waals surface area contributed by atoms with Crippen LogP contribution in [0.5, 0.6) is 11.5 Å². The van der Waals surface area contributed by atoms with Crippen molar-refractivity contribution in [1.29, 1.82) is 0 Å². The summed E-state index contributed by atoms with van der Waals surface area (Å²) in [4.78, 5) is 13.3. The molecule has 0 spiro atoms. The summed E-state index contributed by atoms with van der Waals surface area (Å²) in [7, 11) is 3.54. The molecule has 0 atom stereocenters. The Hall–Kier alpha value is -4.06. The van der Waals surface area contributed by atoms with Gasteiger partial charge in [0.2, 0.25) is 0 Å². The predicted molar refractivity (Wildman–Crippen MR) is 125 cm³/mol. The molecule has 3 aromatic carbocycles. The zero-order chi connectivity index (χ0) is 22.1. The molecule has 0 unspecified atom stereocenters. The van der Waals surface area contributed by atoms with Crippen LogP contribution in [0, 0.1) is 0 Å². The zero-order valence-electron chi connectivity index (χ0n) is 18.0. The fraction of sp³-hybridized carbons (Fsp3) is 0.154. The number of ether oxygens (including phenoxy) is 2. The number of methoxy groups -OCH3 is 1. The summed E-state index contributed by atoms with van der Waals surface area (Å²) in [5.74, 6) is 1.54.